The summed E-state index contributed by atoms with van der Waals surface area (Å²) in [6, 6.07) is 1.86. The van der Waals surface area contributed by atoms with Gasteiger partial charge in [-0.2, -0.15) is 0 Å². The third-order valence-corrected chi connectivity index (χ3v) is 5.77. The van der Waals surface area contributed by atoms with Gasteiger partial charge in [0.15, 0.2) is 0 Å². The molecule has 2 rings (SSSR count). The molecule has 2 saturated carbocycles. The van der Waals surface area contributed by atoms with Crippen LogP contribution in [0.2, 0.25) is 0 Å². The highest BCUT2D eigenvalue weighted by Gasteiger charge is 2.30. The topological polar surface area (TPSA) is 29.3 Å². The molecule has 2 heteroatoms. The SMILES string of the molecule is CCC1CCC(N(C)C2CCCCCCC2N)CC1. The van der Waals surface area contributed by atoms with E-state index in [4.69, 9.17) is 5.73 Å². The zero-order valence-electron chi connectivity index (χ0n) is 13.1. The Balaban J connectivity index is 1.87. The van der Waals surface area contributed by atoms with Gasteiger partial charge in [-0.3, -0.25) is 4.90 Å². The smallest absolute Gasteiger partial charge is 0.0247 e. The Morgan fingerprint density at radius 3 is 2.16 bits per heavy atom. The summed E-state index contributed by atoms with van der Waals surface area (Å²) in [4.78, 5) is 2.67. The van der Waals surface area contributed by atoms with Gasteiger partial charge in [0.1, 0.15) is 0 Å². The normalized spacial score (nSPS) is 37.9. The first kappa shape index (κ1) is 15.3. The Hall–Kier alpha value is -0.0800. The molecule has 2 aliphatic rings. The maximum Gasteiger partial charge on any atom is 0.0247 e. The Kier molecular flexibility index (Phi) is 6.15. The molecule has 2 fully saturated rings. The van der Waals surface area contributed by atoms with Crippen molar-refractivity contribution in [2.24, 2.45) is 11.7 Å². The van der Waals surface area contributed by atoms with Gasteiger partial charge >= 0.3 is 0 Å². The number of rotatable bonds is 3. The summed E-state index contributed by atoms with van der Waals surface area (Å²) >= 11 is 0. The lowest BCUT2D eigenvalue weighted by Gasteiger charge is -2.42. The maximum atomic E-state index is 6.47. The maximum absolute atomic E-state index is 6.47. The highest BCUT2D eigenvalue weighted by molar-refractivity contribution is 4.87. The highest BCUT2D eigenvalue weighted by atomic mass is 15.2. The fraction of sp³-hybridized carbons (Fsp3) is 1.00. The molecule has 2 nitrogen and oxygen atoms in total. The van der Waals surface area contributed by atoms with E-state index in [-0.39, 0.29) is 0 Å². The second-order valence-corrected chi connectivity index (χ2v) is 6.97. The second kappa shape index (κ2) is 7.64. The van der Waals surface area contributed by atoms with E-state index in [1.807, 2.05) is 0 Å². The fourth-order valence-electron chi connectivity index (χ4n) is 4.23. The lowest BCUT2D eigenvalue weighted by molar-refractivity contribution is 0.0922. The first-order valence-corrected chi connectivity index (χ1v) is 8.70. The predicted octanol–water partition coefficient (Wildman–Crippen LogP) is 3.94. The minimum absolute atomic E-state index is 0.411. The Morgan fingerprint density at radius 1 is 0.895 bits per heavy atom. The third-order valence-electron chi connectivity index (χ3n) is 5.77. The van der Waals surface area contributed by atoms with Crippen molar-refractivity contribution in [1.82, 2.24) is 4.90 Å². The summed E-state index contributed by atoms with van der Waals surface area (Å²) in [7, 11) is 2.35. The van der Waals surface area contributed by atoms with Crippen molar-refractivity contribution in [3.8, 4) is 0 Å². The molecular formula is C17H34N2. The van der Waals surface area contributed by atoms with E-state index in [2.05, 4.69) is 18.9 Å². The molecule has 2 unspecified atom stereocenters. The van der Waals surface area contributed by atoms with Gasteiger partial charge in [-0.1, -0.05) is 39.0 Å². The Labute approximate surface area is 120 Å². The lowest BCUT2D eigenvalue weighted by Crippen LogP contribution is -2.51. The van der Waals surface area contributed by atoms with E-state index < -0.39 is 0 Å². The quantitative estimate of drug-likeness (QED) is 0.838. The third kappa shape index (κ3) is 4.19. The average Bonchev–Trinajstić information content (AvgIpc) is 2.43. The zero-order valence-corrected chi connectivity index (χ0v) is 13.1. The largest absolute Gasteiger partial charge is 0.326 e. The van der Waals surface area contributed by atoms with Crippen LogP contribution in [-0.2, 0) is 0 Å². The van der Waals surface area contributed by atoms with Crippen LogP contribution < -0.4 is 5.73 Å². The van der Waals surface area contributed by atoms with Gasteiger partial charge < -0.3 is 5.73 Å². The molecule has 19 heavy (non-hydrogen) atoms. The van der Waals surface area contributed by atoms with E-state index in [9.17, 15) is 0 Å². The van der Waals surface area contributed by atoms with Crippen LogP contribution in [-0.4, -0.2) is 30.1 Å². The minimum atomic E-state index is 0.411. The lowest BCUT2D eigenvalue weighted by atomic mass is 9.82. The number of hydrogen-bond acceptors (Lipinski definition) is 2. The van der Waals surface area contributed by atoms with Crippen molar-refractivity contribution in [3.05, 3.63) is 0 Å². The molecule has 0 spiro atoms. The van der Waals surface area contributed by atoms with E-state index in [0.29, 0.717) is 12.1 Å². The summed E-state index contributed by atoms with van der Waals surface area (Å²) < 4.78 is 0. The van der Waals surface area contributed by atoms with Crippen LogP contribution in [0.4, 0.5) is 0 Å². The summed E-state index contributed by atoms with van der Waals surface area (Å²) in [5.41, 5.74) is 6.47. The van der Waals surface area contributed by atoms with Crippen molar-refractivity contribution in [2.75, 3.05) is 7.05 Å². The summed E-state index contributed by atoms with van der Waals surface area (Å²) in [5.74, 6) is 0.996. The van der Waals surface area contributed by atoms with Gasteiger partial charge in [0.2, 0.25) is 0 Å². The molecule has 0 aromatic heterocycles. The van der Waals surface area contributed by atoms with Gasteiger partial charge in [0.05, 0.1) is 0 Å². The average molecular weight is 266 g/mol. The molecule has 0 aliphatic heterocycles. The van der Waals surface area contributed by atoms with Crippen molar-refractivity contribution >= 4 is 0 Å². The van der Waals surface area contributed by atoms with Gasteiger partial charge in [0.25, 0.3) is 0 Å². The molecule has 2 atom stereocenters. The number of nitrogens with two attached hydrogens (primary N) is 1. The van der Waals surface area contributed by atoms with Crippen molar-refractivity contribution in [1.29, 1.82) is 0 Å². The summed E-state index contributed by atoms with van der Waals surface area (Å²) in [5, 5.41) is 0. The predicted molar refractivity (Wildman–Crippen MR) is 83.3 cm³/mol. The Morgan fingerprint density at radius 2 is 1.53 bits per heavy atom. The molecule has 112 valence electrons. The second-order valence-electron chi connectivity index (χ2n) is 6.97. The van der Waals surface area contributed by atoms with Gasteiger partial charge in [0, 0.05) is 18.1 Å². The summed E-state index contributed by atoms with van der Waals surface area (Å²) in [6.07, 6.45) is 15.1. The van der Waals surface area contributed by atoms with E-state index >= 15 is 0 Å². The zero-order chi connectivity index (χ0) is 13.7. The van der Waals surface area contributed by atoms with Gasteiger partial charge in [-0.05, 0) is 51.5 Å². The van der Waals surface area contributed by atoms with Crippen LogP contribution in [0.5, 0.6) is 0 Å². The van der Waals surface area contributed by atoms with Crippen LogP contribution in [0.3, 0.4) is 0 Å². The van der Waals surface area contributed by atoms with E-state index in [0.717, 1.165) is 12.0 Å². The van der Waals surface area contributed by atoms with Crippen molar-refractivity contribution in [2.45, 2.75) is 95.7 Å². The van der Waals surface area contributed by atoms with Crippen molar-refractivity contribution in [3.63, 3.8) is 0 Å². The monoisotopic (exact) mass is 266 g/mol. The molecule has 0 amide bonds. The van der Waals surface area contributed by atoms with E-state index in [1.54, 1.807) is 0 Å². The fourth-order valence-corrected chi connectivity index (χ4v) is 4.23. The van der Waals surface area contributed by atoms with Crippen LogP contribution in [0, 0.1) is 5.92 Å². The van der Waals surface area contributed by atoms with Crippen LogP contribution >= 0.6 is 0 Å². The molecule has 0 heterocycles. The van der Waals surface area contributed by atoms with Gasteiger partial charge in [-0.25, -0.2) is 0 Å². The molecule has 0 radical (unpaired) electrons. The molecule has 0 aromatic rings. The van der Waals surface area contributed by atoms with Crippen LogP contribution in [0.1, 0.15) is 77.6 Å². The highest BCUT2D eigenvalue weighted by Crippen LogP contribution is 2.31. The van der Waals surface area contributed by atoms with Crippen LogP contribution in [0.15, 0.2) is 0 Å². The Bertz CT molecular complexity index is 246. The number of hydrogen-bond donors (Lipinski definition) is 1. The first-order chi connectivity index (χ1) is 9.22. The standard InChI is InChI=1S/C17H34N2/c1-3-14-10-12-15(13-11-14)19(2)17-9-7-5-4-6-8-16(17)18/h14-17H,3-13,18H2,1-2H3. The van der Waals surface area contributed by atoms with E-state index in [1.165, 1.54) is 70.6 Å². The number of nitrogens with zero attached hydrogens (tertiary/aromatic N) is 1. The molecule has 2 N–H and O–H groups in total. The molecular weight excluding hydrogens is 232 g/mol. The van der Waals surface area contributed by atoms with Crippen LogP contribution in [0.25, 0.3) is 0 Å². The molecule has 0 aromatic carbocycles. The van der Waals surface area contributed by atoms with Gasteiger partial charge in [-0.15, -0.1) is 0 Å². The summed E-state index contributed by atoms with van der Waals surface area (Å²) in [6.45, 7) is 2.35. The van der Waals surface area contributed by atoms with Crippen molar-refractivity contribution < 1.29 is 0 Å². The molecule has 2 aliphatic carbocycles. The molecule has 0 bridgehead atoms. The molecule has 0 saturated heterocycles. The number of likely N-dealkylation sites (N-methyl/N-ethyl adjacent to an activating group) is 1. The first-order valence-electron chi connectivity index (χ1n) is 8.70. The minimum Gasteiger partial charge on any atom is -0.326 e.